The molecule has 11 nitrogen and oxygen atoms in total. The zero-order chi connectivity index (χ0) is 34.9. The molecule has 0 amide bonds. The number of nitrogens with zero attached hydrogens (tertiary/aromatic N) is 3. The first-order chi connectivity index (χ1) is 21.6. The number of piperidine rings is 3. The Morgan fingerprint density at radius 1 is 0.702 bits per heavy atom. The normalized spacial score (nSPS) is 28.4. The van der Waals surface area contributed by atoms with Gasteiger partial charge in [-0.2, -0.15) is 0 Å². The van der Waals surface area contributed by atoms with Crippen LogP contribution in [-0.2, 0) is 0 Å². The van der Waals surface area contributed by atoms with Gasteiger partial charge in [0, 0.05) is 77.6 Å². The Labute approximate surface area is 287 Å². The predicted molar refractivity (Wildman–Crippen MR) is 198 cm³/mol. The molecule has 0 radical (unpaired) electrons. The first-order valence-corrected chi connectivity index (χ1v) is 18.5. The largest absolute Gasteiger partial charge is 0.351 e. The van der Waals surface area contributed by atoms with Gasteiger partial charge in [-0.1, -0.05) is 5.23 Å². The summed E-state index contributed by atoms with van der Waals surface area (Å²) in [6.45, 7) is 32.0. The number of hydrogen-bond acceptors (Lipinski definition) is 10. The van der Waals surface area contributed by atoms with Crippen molar-refractivity contribution >= 4 is 5.84 Å². The molecule has 0 aromatic carbocycles. The van der Waals surface area contributed by atoms with Crippen molar-refractivity contribution in [1.82, 2.24) is 47.7 Å². The van der Waals surface area contributed by atoms with Crippen molar-refractivity contribution in [1.29, 1.82) is 0 Å². The lowest BCUT2D eigenvalue weighted by molar-refractivity contribution is -0.00862. The molecular formula is C36H73N11. The molecule has 0 saturated carbocycles. The van der Waals surface area contributed by atoms with Crippen LogP contribution < -0.4 is 43.3 Å². The van der Waals surface area contributed by atoms with Crippen LogP contribution in [0, 0.1) is 5.92 Å². The minimum Gasteiger partial charge on any atom is -0.351 e. The summed E-state index contributed by atoms with van der Waals surface area (Å²) >= 11 is 0. The number of hydrazine groups is 3. The molecule has 0 bridgehead atoms. The zero-order valence-electron chi connectivity index (χ0n) is 32.2. The van der Waals surface area contributed by atoms with Crippen molar-refractivity contribution in [2.24, 2.45) is 16.6 Å². The van der Waals surface area contributed by atoms with E-state index in [-0.39, 0.29) is 33.2 Å². The van der Waals surface area contributed by atoms with E-state index in [1.165, 1.54) is 12.8 Å². The van der Waals surface area contributed by atoms with Crippen LogP contribution in [-0.4, -0.2) is 94.0 Å². The highest BCUT2D eigenvalue weighted by Crippen LogP contribution is 2.40. The molecule has 4 rings (SSSR count). The van der Waals surface area contributed by atoms with Crippen LogP contribution >= 0.6 is 0 Å². The van der Waals surface area contributed by atoms with Gasteiger partial charge in [-0.3, -0.25) is 15.8 Å². The molecule has 47 heavy (non-hydrogen) atoms. The number of aliphatic imine (C=N–C) groups is 1. The molecule has 0 unspecified atom stereocenters. The molecule has 272 valence electrons. The second-order valence-electron chi connectivity index (χ2n) is 19.1. The average molecular weight is 660 g/mol. The van der Waals surface area contributed by atoms with Gasteiger partial charge in [0.1, 0.15) is 11.7 Å². The summed E-state index contributed by atoms with van der Waals surface area (Å²) in [4.78, 5) is 7.76. The molecule has 0 aromatic heterocycles. The minimum absolute atomic E-state index is 0.0238. The molecule has 9 N–H and O–H groups in total. The Kier molecular flexibility index (Phi) is 11.8. The monoisotopic (exact) mass is 660 g/mol. The van der Waals surface area contributed by atoms with Crippen LogP contribution in [0.2, 0.25) is 0 Å². The standard InChI is InChI=1S/C36H73N11/c1-31(2)20-26(21-32(3,4)43-31)13-15-40-47-41-29(39-18-17-38-16-14-37)19-30(42-47)46(27-22-33(5,6)44-34(7,8)23-27)28-24-35(9,10)45-36(11,12)25-28/h19,26-28,38,40,42-45H,13-18,20-25,37H2,1-12H3,(H,39,41). The van der Waals surface area contributed by atoms with Gasteiger partial charge in [0.2, 0.25) is 0 Å². The Hall–Kier alpha value is -1.47. The maximum Gasteiger partial charge on any atom is 0.141 e. The van der Waals surface area contributed by atoms with Crippen LogP contribution in [0.3, 0.4) is 0 Å². The fourth-order valence-electron chi connectivity index (χ4n) is 9.97. The van der Waals surface area contributed by atoms with Gasteiger partial charge in [0.15, 0.2) is 0 Å². The van der Waals surface area contributed by atoms with Gasteiger partial charge in [0.25, 0.3) is 0 Å². The summed E-state index contributed by atoms with van der Waals surface area (Å²) in [6.07, 6.45) is 9.99. The number of amidine groups is 1. The lowest BCUT2D eigenvalue weighted by Crippen LogP contribution is -2.69. The van der Waals surface area contributed by atoms with Gasteiger partial charge in [-0.25, -0.2) is 5.43 Å². The van der Waals surface area contributed by atoms with Crippen molar-refractivity contribution < 1.29 is 0 Å². The van der Waals surface area contributed by atoms with E-state index >= 15 is 0 Å². The van der Waals surface area contributed by atoms with E-state index in [0.29, 0.717) is 31.1 Å². The van der Waals surface area contributed by atoms with E-state index < -0.39 is 0 Å². The highest BCUT2D eigenvalue weighted by atomic mass is 15.9. The van der Waals surface area contributed by atoms with Gasteiger partial charge in [-0.05, 0) is 134 Å². The van der Waals surface area contributed by atoms with Crippen LogP contribution in [0.5, 0.6) is 0 Å². The van der Waals surface area contributed by atoms with E-state index in [4.69, 9.17) is 10.7 Å². The second-order valence-corrected chi connectivity index (χ2v) is 19.1. The maximum absolute atomic E-state index is 5.71. The number of rotatable bonds is 12. The lowest BCUT2D eigenvalue weighted by atomic mass is 9.75. The highest BCUT2D eigenvalue weighted by Gasteiger charge is 2.47. The Morgan fingerprint density at radius 3 is 1.64 bits per heavy atom. The maximum atomic E-state index is 5.71. The summed E-state index contributed by atoms with van der Waals surface area (Å²) in [6, 6.07) is 0.725. The van der Waals surface area contributed by atoms with E-state index in [0.717, 1.165) is 63.4 Å². The summed E-state index contributed by atoms with van der Waals surface area (Å²) in [5.41, 5.74) is 17.1. The zero-order valence-corrected chi connectivity index (χ0v) is 32.2. The SMILES string of the molecule is CC1(C)CC(CCNN2NC(N(C3CC(C)(C)NC(C)(C)C3)C3CC(C)(C)NC(C)(C)C3)=CC(=NCCNCCN)N2)CC(C)(C)N1. The first kappa shape index (κ1) is 38.3. The van der Waals surface area contributed by atoms with E-state index in [2.05, 4.69) is 132 Å². The summed E-state index contributed by atoms with van der Waals surface area (Å²) in [5, 5.41) is 17.1. The molecule has 0 spiro atoms. The Bertz CT molecular complexity index is 1020. The van der Waals surface area contributed by atoms with Crippen molar-refractivity contribution in [2.45, 2.75) is 173 Å². The van der Waals surface area contributed by atoms with Crippen molar-refractivity contribution in [3.05, 3.63) is 11.9 Å². The van der Waals surface area contributed by atoms with E-state index in [1.807, 2.05) is 5.23 Å². The van der Waals surface area contributed by atoms with Crippen LogP contribution in [0.25, 0.3) is 0 Å². The lowest BCUT2D eigenvalue weighted by Gasteiger charge is -2.56. The van der Waals surface area contributed by atoms with Crippen LogP contribution in [0.4, 0.5) is 0 Å². The molecule has 0 aliphatic carbocycles. The molecule has 4 aliphatic heterocycles. The van der Waals surface area contributed by atoms with Gasteiger partial charge in [-0.15, -0.1) is 0 Å². The topological polar surface area (TPSA) is 129 Å². The smallest absolute Gasteiger partial charge is 0.141 e. The fourth-order valence-corrected chi connectivity index (χ4v) is 9.97. The molecule has 4 aliphatic rings. The highest BCUT2D eigenvalue weighted by molar-refractivity contribution is 5.93. The molecule has 0 atom stereocenters. The Morgan fingerprint density at radius 2 is 1.17 bits per heavy atom. The second kappa shape index (κ2) is 14.4. The third kappa shape index (κ3) is 11.5. The fraction of sp³-hybridized carbons (Fsp3) is 0.917. The molecule has 4 heterocycles. The van der Waals surface area contributed by atoms with Crippen LogP contribution in [0.1, 0.15) is 128 Å². The Balaban J connectivity index is 1.62. The molecule has 11 heteroatoms. The summed E-state index contributed by atoms with van der Waals surface area (Å²) in [7, 11) is 0. The third-order valence-corrected chi connectivity index (χ3v) is 10.1. The molecule has 3 saturated heterocycles. The van der Waals surface area contributed by atoms with Gasteiger partial charge >= 0.3 is 0 Å². The van der Waals surface area contributed by atoms with Gasteiger partial charge in [0.05, 0.1) is 6.54 Å². The van der Waals surface area contributed by atoms with E-state index in [1.54, 1.807) is 0 Å². The van der Waals surface area contributed by atoms with Gasteiger partial charge < -0.3 is 31.9 Å². The minimum atomic E-state index is 0.0238. The molecule has 0 aromatic rings. The van der Waals surface area contributed by atoms with Crippen molar-refractivity contribution in [3.8, 4) is 0 Å². The number of nitrogens with one attached hydrogen (secondary N) is 7. The average Bonchev–Trinajstić information content (AvgIpc) is 2.83. The predicted octanol–water partition coefficient (Wildman–Crippen LogP) is 3.47. The quantitative estimate of drug-likeness (QED) is 0.148. The molecule has 3 fully saturated rings. The number of hydrogen-bond donors (Lipinski definition) is 8. The van der Waals surface area contributed by atoms with Crippen molar-refractivity contribution in [2.75, 3.05) is 32.7 Å². The summed E-state index contributed by atoms with van der Waals surface area (Å²) < 4.78 is 0. The van der Waals surface area contributed by atoms with E-state index in [9.17, 15) is 0 Å². The first-order valence-electron chi connectivity index (χ1n) is 18.5. The van der Waals surface area contributed by atoms with Crippen LogP contribution in [0.15, 0.2) is 16.9 Å². The molecular weight excluding hydrogens is 586 g/mol. The van der Waals surface area contributed by atoms with Crippen molar-refractivity contribution in [3.63, 3.8) is 0 Å². The number of nitrogens with two attached hydrogens (primary N) is 1. The summed E-state index contributed by atoms with van der Waals surface area (Å²) in [5.74, 6) is 2.64. The third-order valence-electron chi connectivity index (χ3n) is 10.1.